The fourth-order valence-electron chi connectivity index (χ4n) is 3.35. The van der Waals surface area contributed by atoms with Crippen molar-refractivity contribution in [3.8, 4) is 5.75 Å². The molecule has 2 amide bonds. The molecule has 4 N–H and O–H groups in total. The van der Waals surface area contributed by atoms with Gasteiger partial charge < -0.3 is 15.4 Å². The van der Waals surface area contributed by atoms with Gasteiger partial charge in [-0.05, 0) is 49.5 Å². The zero-order valence-electron chi connectivity index (χ0n) is 16.7. The molecule has 8 heteroatoms. The van der Waals surface area contributed by atoms with Crippen LogP contribution in [0, 0.1) is 11.8 Å². The molecule has 28 heavy (non-hydrogen) atoms. The number of hydrogen-bond donors (Lipinski definition) is 4. The van der Waals surface area contributed by atoms with Crippen molar-refractivity contribution in [2.24, 2.45) is 11.8 Å². The lowest BCUT2D eigenvalue weighted by molar-refractivity contribution is -0.120. The Labute approximate surface area is 171 Å². The molecule has 0 saturated heterocycles. The van der Waals surface area contributed by atoms with Gasteiger partial charge in [0.25, 0.3) is 11.8 Å². The van der Waals surface area contributed by atoms with Crippen LogP contribution in [0.2, 0.25) is 0 Å². The number of para-hydroxylation sites is 1. The van der Waals surface area contributed by atoms with Gasteiger partial charge in [-0.15, -0.1) is 0 Å². The van der Waals surface area contributed by atoms with E-state index in [9.17, 15) is 9.59 Å². The van der Waals surface area contributed by atoms with Gasteiger partial charge >= 0.3 is 0 Å². The zero-order chi connectivity index (χ0) is 20.5. The van der Waals surface area contributed by atoms with Crippen molar-refractivity contribution in [2.45, 2.75) is 46.1 Å². The minimum atomic E-state index is -0.392. The number of hydrogen-bond acceptors (Lipinski definition) is 4. The Morgan fingerprint density at radius 3 is 2.68 bits per heavy atom. The lowest BCUT2D eigenvalue weighted by Crippen LogP contribution is -2.53. The quantitative estimate of drug-likeness (QED) is 0.427. The SMILES string of the molecule is CCOc1ccccc1C(=O)NCC(=O)NNC(=S)N[C@@H]1CCC[C@H](C)[C@@H]1C. The molecule has 0 aliphatic heterocycles. The Morgan fingerprint density at radius 1 is 1.18 bits per heavy atom. The normalized spacial score (nSPS) is 21.3. The lowest BCUT2D eigenvalue weighted by atomic mass is 9.78. The maximum Gasteiger partial charge on any atom is 0.257 e. The van der Waals surface area contributed by atoms with Crippen LogP contribution in [0.4, 0.5) is 0 Å². The predicted octanol–water partition coefficient (Wildman–Crippen LogP) is 2.14. The summed E-state index contributed by atoms with van der Waals surface area (Å²) < 4.78 is 5.43. The van der Waals surface area contributed by atoms with Crippen LogP contribution in [0.5, 0.6) is 5.75 Å². The third-order valence-corrected chi connectivity index (χ3v) is 5.40. The van der Waals surface area contributed by atoms with E-state index < -0.39 is 5.91 Å². The Hall–Kier alpha value is -2.35. The maximum atomic E-state index is 12.3. The molecule has 154 valence electrons. The molecule has 1 aromatic rings. The third kappa shape index (κ3) is 6.37. The Morgan fingerprint density at radius 2 is 1.93 bits per heavy atom. The van der Waals surface area contributed by atoms with Gasteiger partial charge in [0.2, 0.25) is 0 Å². The number of ether oxygens (including phenoxy) is 1. The van der Waals surface area contributed by atoms with E-state index >= 15 is 0 Å². The number of rotatable bonds is 6. The van der Waals surface area contributed by atoms with Gasteiger partial charge in [-0.3, -0.25) is 20.4 Å². The minimum Gasteiger partial charge on any atom is -0.493 e. The second kappa shape index (κ2) is 10.8. The van der Waals surface area contributed by atoms with E-state index in [0.717, 1.165) is 6.42 Å². The number of benzene rings is 1. The first-order chi connectivity index (χ1) is 13.4. The molecule has 1 aliphatic carbocycles. The molecule has 1 fully saturated rings. The van der Waals surface area contributed by atoms with E-state index in [1.807, 2.05) is 6.92 Å². The smallest absolute Gasteiger partial charge is 0.257 e. The highest BCUT2D eigenvalue weighted by molar-refractivity contribution is 7.80. The maximum absolute atomic E-state index is 12.3. The summed E-state index contributed by atoms with van der Waals surface area (Å²) in [4.78, 5) is 24.3. The van der Waals surface area contributed by atoms with Gasteiger partial charge in [-0.1, -0.05) is 38.8 Å². The van der Waals surface area contributed by atoms with Crippen molar-refractivity contribution in [3.63, 3.8) is 0 Å². The van der Waals surface area contributed by atoms with E-state index in [1.165, 1.54) is 12.8 Å². The molecule has 0 aromatic heterocycles. The van der Waals surface area contributed by atoms with Crippen molar-refractivity contribution in [3.05, 3.63) is 29.8 Å². The number of hydrazine groups is 1. The molecule has 0 radical (unpaired) electrons. The largest absolute Gasteiger partial charge is 0.493 e. The molecule has 2 rings (SSSR count). The average molecular weight is 407 g/mol. The Bertz CT molecular complexity index is 698. The van der Waals surface area contributed by atoms with E-state index in [0.29, 0.717) is 40.9 Å². The highest BCUT2D eigenvalue weighted by Crippen LogP contribution is 2.29. The second-order valence-electron chi connectivity index (χ2n) is 7.13. The van der Waals surface area contributed by atoms with Crippen LogP contribution in [0.3, 0.4) is 0 Å². The summed E-state index contributed by atoms with van der Waals surface area (Å²) >= 11 is 5.26. The van der Waals surface area contributed by atoms with Crippen molar-refractivity contribution in [1.29, 1.82) is 0 Å². The van der Waals surface area contributed by atoms with E-state index in [2.05, 4.69) is 35.3 Å². The van der Waals surface area contributed by atoms with Crippen molar-refractivity contribution >= 4 is 29.1 Å². The fraction of sp³-hybridized carbons (Fsp3) is 0.550. The Balaban J connectivity index is 1.74. The Kier molecular flexibility index (Phi) is 8.50. The molecule has 1 aliphatic rings. The van der Waals surface area contributed by atoms with Gasteiger partial charge in [0, 0.05) is 6.04 Å². The first-order valence-corrected chi connectivity index (χ1v) is 10.2. The molecule has 0 unspecified atom stereocenters. The van der Waals surface area contributed by atoms with Crippen LogP contribution < -0.4 is 26.2 Å². The monoisotopic (exact) mass is 406 g/mol. The molecule has 1 saturated carbocycles. The first-order valence-electron chi connectivity index (χ1n) is 9.77. The molecule has 0 heterocycles. The van der Waals surface area contributed by atoms with E-state index in [-0.39, 0.29) is 12.5 Å². The van der Waals surface area contributed by atoms with Gasteiger partial charge in [0.15, 0.2) is 5.11 Å². The van der Waals surface area contributed by atoms with Gasteiger partial charge in [-0.2, -0.15) is 0 Å². The van der Waals surface area contributed by atoms with Crippen LogP contribution in [0.25, 0.3) is 0 Å². The lowest BCUT2D eigenvalue weighted by Gasteiger charge is -2.35. The molecular formula is C20H30N4O3S. The number of carbonyl (C=O) groups is 2. The highest BCUT2D eigenvalue weighted by atomic mass is 32.1. The minimum absolute atomic E-state index is 0.175. The standard InChI is InChI=1S/C20H30N4O3S/c1-4-27-17-11-6-5-9-15(17)19(26)21-12-18(25)23-24-20(28)22-16-10-7-8-13(2)14(16)3/h5-6,9,11,13-14,16H,4,7-8,10,12H2,1-3H3,(H,21,26)(H,23,25)(H2,22,24,28)/t13-,14-,16+/m0/s1. The van der Waals surface area contributed by atoms with Crippen LogP contribution in [0.15, 0.2) is 24.3 Å². The van der Waals surface area contributed by atoms with Crippen LogP contribution in [0.1, 0.15) is 50.4 Å². The second-order valence-corrected chi connectivity index (χ2v) is 7.54. The topological polar surface area (TPSA) is 91.5 Å². The van der Waals surface area contributed by atoms with E-state index in [4.69, 9.17) is 17.0 Å². The van der Waals surface area contributed by atoms with Gasteiger partial charge in [0.05, 0.1) is 18.7 Å². The molecule has 0 bridgehead atoms. The summed E-state index contributed by atoms with van der Waals surface area (Å²) in [6.45, 7) is 6.60. The summed E-state index contributed by atoms with van der Waals surface area (Å²) in [5.74, 6) is 0.899. The summed E-state index contributed by atoms with van der Waals surface area (Å²) in [5, 5.41) is 6.23. The van der Waals surface area contributed by atoms with Gasteiger partial charge in [0.1, 0.15) is 5.75 Å². The molecule has 3 atom stereocenters. The predicted molar refractivity (Wildman–Crippen MR) is 113 cm³/mol. The molecular weight excluding hydrogens is 376 g/mol. The summed E-state index contributed by atoms with van der Waals surface area (Å²) in [6, 6.07) is 7.21. The summed E-state index contributed by atoms with van der Waals surface area (Å²) in [7, 11) is 0. The third-order valence-electron chi connectivity index (χ3n) is 5.18. The van der Waals surface area contributed by atoms with Crippen molar-refractivity contribution < 1.29 is 14.3 Å². The summed E-state index contributed by atoms with van der Waals surface area (Å²) in [5.41, 5.74) is 5.60. The zero-order valence-corrected chi connectivity index (χ0v) is 17.5. The van der Waals surface area contributed by atoms with Crippen LogP contribution in [-0.2, 0) is 4.79 Å². The van der Waals surface area contributed by atoms with Crippen molar-refractivity contribution in [2.75, 3.05) is 13.2 Å². The van der Waals surface area contributed by atoms with Crippen molar-refractivity contribution in [1.82, 2.24) is 21.5 Å². The number of amides is 2. The number of thiocarbonyl (C=S) groups is 1. The van der Waals surface area contributed by atoms with Gasteiger partial charge in [-0.25, -0.2) is 0 Å². The first kappa shape index (κ1) is 21.9. The average Bonchev–Trinajstić information content (AvgIpc) is 2.68. The van der Waals surface area contributed by atoms with Crippen LogP contribution in [-0.4, -0.2) is 36.1 Å². The van der Waals surface area contributed by atoms with Crippen LogP contribution >= 0.6 is 12.2 Å². The summed E-state index contributed by atoms with van der Waals surface area (Å²) in [6.07, 6.45) is 3.48. The number of carbonyl (C=O) groups excluding carboxylic acids is 2. The molecule has 7 nitrogen and oxygen atoms in total. The number of nitrogens with one attached hydrogen (secondary N) is 4. The fourth-order valence-corrected chi connectivity index (χ4v) is 3.55. The van der Waals surface area contributed by atoms with E-state index in [1.54, 1.807) is 24.3 Å². The molecule has 1 aromatic carbocycles. The molecule has 0 spiro atoms. The highest BCUT2D eigenvalue weighted by Gasteiger charge is 2.27.